The lowest BCUT2D eigenvalue weighted by Crippen LogP contribution is -2.48. The molecule has 1 saturated carbocycles. The molecule has 6 heteroatoms. The highest BCUT2D eigenvalue weighted by Crippen LogP contribution is 2.42. The van der Waals surface area contributed by atoms with E-state index in [4.69, 9.17) is 4.74 Å². The van der Waals surface area contributed by atoms with Crippen LogP contribution in [-0.2, 0) is 19.1 Å². The minimum atomic E-state index is -1.03. The van der Waals surface area contributed by atoms with Crippen LogP contribution < -0.4 is 0 Å². The molecule has 6 nitrogen and oxygen atoms in total. The predicted molar refractivity (Wildman–Crippen MR) is 67.7 cm³/mol. The Balaban J connectivity index is 1.81. The molecule has 0 aromatic rings. The second kappa shape index (κ2) is 4.84. The fraction of sp³-hybridized carbons (Fsp3) is 0.786. The van der Waals surface area contributed by atoms with Crippen LogP contribution in [-0.4, -0.2) is 47.5 Å². The van der Waals surface area contributed by atoms with Crippen LogP contribution in [0.1, 0.15) is 32.1 Å². The van der Waals surface area contributed by atoms with Crippen molar-refractivity contribution in [1.29, 1.82) is 0 Å². The predicted octanol–water partition coefficient (Wildman–Crippen LogP) is 0.653. The summed E-state index contributed by atoms with van der Waals surface area (Å²) in [6.45, 7) is 0.751. The number of imide groups is 1. The van der Waals surface area contributed by atoms with Gasteiger partial charge in [0.25, 0.3) is 0 Å². The van der Waals surface area contributed by atoms with Crippen molar-refractivity contribution in [2.45, 2.75) is 32.1 Å². The van der Waals surface area contributed by atoms with Gasteiger partial charge in [0.05, 0.1) is 17.3 Å². The van der Waals surface area contributed by atoms with Crippen LogP contribution in [0.25, 0.3) is 0 Å². The number of hydrogen-bond acceptors (Lipinski definition) is 4. The number of fused-ring (bicyclic) bond motifs is 1. The van der Waals surface area contributed by atoms with Gasteiger partial charge < -0.3 is 9.84 Å². The first kappa shape index (κ1) is 13.5. The highest BCUT2D eigenvalue weighted by Gasteiger charge is 2.53. The lowest BCUT2D eigenvalue weighted by molar-refractivity contribution is -0.159. The summed E-state index contributed by atoms with van der Waals surface area (Å²) in [5.41, 5.74) is -1.03. The van der Waals surface area contributed by atoms with Crippen molar-refractivity contribution in [2.24, 2.45) is 17.3 Å². The molecule has 2 heterocycles. The van der Waals surface area contributed by atoms with Crippen LogP contribution in [0.3, 0.4) is 0 Å². The van der Waals surface area contributed by atoms with Crippen molar-refractivity contribution >= 4 is 17.8 Å². The summed E-state index contributed by atoms with van der Waals surface area (Å²) in [7, 11) is 0. The van der Waals surface area contributed by atoms with Gasteiger partial charge in [-0.2, -0.15) is 0 Å². The molecule has 2 saturated heterocycles. The Morgan fingerprint density at radius 3 is 2.25 bits per heavy atom. The summed E-state index contributed by atoms with van der Waals surface area (Å²) in [6.07, 6.45) is 3.14. The van der Waals surface area contributed by atoms with Crippen molar-refractivity contribution in [1.82, 2.24) is 4.90 Å². The summed E-state index contributed by atoms with van der Waals surface area (Å²) >= 11 is 0. The molecule has 0 bridgehead atoms. The standard InChI is InChI=1S/C14H19NO5/c16-11-9-2-1-3-10(9)12(17)15(11)8-14(13(18)19)4-6-20-7-5-14/h9-10H,1-8H2,(H,18,19). The first-order valence-corrected chi connectivity index (χ1v) is 7.21. The minimum Gasteiger partial charge on any atom is -0.481 e. The Bertz CT molecular complexity index is 432. The van der Waals surface area contributed by atoms with Gasteiger partial charge in [0.2, 0.25) is 11.8 Å². The van der Waals surface area contributed by atoms with E-state index in [0.717, 1.165) is 19.3 Å². The third-order valence-electron chi connectivity index (χ3n) is 5.05. The van der Waals surface area contributed by atoms with E-state index in [1.54, 1.807) is 0 Å². The van der Waals surface area contributed by atoms with Gasteiger partial charge in [0, 0.05) is 19.8 Å². The van der Waals surface area contributed by atoms with E-state index in [-0.39, 0.29) is 30.2 Å². The van der Waals surface area contributed by atoms with E-state index in [1.807, 2.05) is 0 Å². The minimum absolute atomic E-state index is 0.0103. The van der Waals surface area contributed by atoms with Crippen molar-refractivity contribution < 1.29 is 24.2 Å². The van der Waals surface area contributed by atoms with Crippen LogP contribution in [0, 0.1) is 17.3 Å². The van der Waals surface area contributed by atoms with Crippen LogP contribution in [0.4, 0.5) is 0 Å². The Kier molecular flexibility index (Phi) is 3.28. The van der Waals surface area contributed by atoms with Gasteiger partial charge in [-0.1, -0.05) is 6.42 Å². The summed E-state index contributed by atoms with van der Waals surface area (Å²) < 4.78 is 5.22. The number of amides is 2. The first-order valence-electron chi connectivity index (χ1n) is 7.21. The van der Waals surface area contributed by atoms with E-state index in [0.29, 0.717) is 26.1 Å². The second-order valence-electron chi connectivity index (χ2n) is 6.10. The van der Waals surface area contributed by atoms with E-state index in [9.17, 15) is 19.5 Å². The zero-order valence-electron chi connectivity index (χ0n) is 11.3. The average Bonchev–Trinajstić information content (AvgIpc) is 3.00. The topological polar surface area (TPSA) is 83.9 Å². The molecule has 1 N–H and O–H groups in total. The SMILES string of the molecule is O=C1C2CCCC2C(=O)N1CC1(C(=O)O)CCOCC1. The Morgan fingerprint density at radius 1 is 1.20 bits per heavy atom. The monoisotopic (exact) mass is 281 g/mol. The van der Waals surface area contributed by atoms with Gasteiger partial charge in [0.15, 0.2) is 0 Å². The first-order chi connectivity index (χ1) is 9.55. The number of likely N-dealkylation sites (tertiary alicyclic amines) is 1. The average molecular weight is 281 g/mol. The molecule has 2 amide bonds. The number of nitrogens with zero attached hydrogens (tertiary/aromatic N) is 1. The second-order valence-corrected chi connectivity index (χ2v) is 6.10. The summed E-state index contributed by atoms with van der Waals surface area (Å²) in [5.74, 6) is -1.66. The number of ether oxygens (including phenoxy) is 1. The maximum atomic E-state index is 12.3. The normalized spacial score (nSPS) is 32.5. The molecule has 0 radical (unpaired) electrons. The molecule has 3 aliphatic rings. The lowest BCUT2D eigenvalue weighted by atomic mass is 9.79. The van der Waals surface area contributed by atoms with Gasteiger partial charge in [0.1, 0.15) is 0 Å². The van der Waals surface area contributed by atoms with Crippen molar-refractivity contribution in [3.63, 3.8) is 0 Å². The molecule has 3 fully saturated rings. The van der Waals surface area contributed by atoms with Crippen LogP contribution in [0.15, 0.2) is 0 Å². The van der Waals surface area contributed by atoms with Gasteiger partial charge in [-0.05, 0) is 25.7 Å². The highest BCUT2D eigenvalue weighted by molar-refractivity contribution is 6.05. The largest absolute Gasteiger partial charge is 0.481 e. The maximum Gasteiger partial charge on any atom is 0.311 e. The Morgan fingerprint density at radius 2 is 1.75 bits per heavy atom. The molecule has 0 aromatic heterocycles. The van der Waals surface area contributed by atoms with Gasteiger partial charge in [-0.25, -0.2) is 0 Å². The Hall–Kier alpha value is -1.43. The third kappa shape index (κ3) is 1.93. The van der Waals surface area contributed by atoms with Crippen LogP contribution >= 0.6 is 0 Å². The summed E-state index contributed by atoms with van der Waals surface area (Å²) in [5, 5.41) is 9.52. The van der Waals surface area contributed by atoms with Gasteiger partial charge in [-0.15, -0.1) is 0 Å². The van der Waals surface area contributed by atoms with Crippen molar-refractivity contribution in [2.75, 3.05) is 19.8 Å². The number of aliphatic carboxylic acids is 1. The fourth-order valence-corrected chi connectivity index (χ4v) is 3.72. The van der Waals surface area contributed by atoms with Gasteiger partial charge in [-0.3, -0.25) is 19.3 Å². The molecule has 1 aliphatic carbocycles. The van der Waals surface area contributed by atoms with E-state index in [2.05, 4.69) is 0 Å². The van der Waals surface area contributed by atoms with Crippen LogP contribution in [0.2, 0.25) is 0 Å². The van der Waals surface area contributed by atoms with E-state index < -0.39 is 11.4 Å². The highest BCUT2D eigenvalue weighted by atomic mass is 16.5. The molecular formula is C14H19NO5. The van der Waals surface area contributed by atoms with Crippen molar-refractivity contribution in [3.8, 4) is 0 Å². The molecule has 20 heavy (non-hydrogen) atoms. The smallest absolute Gasteiger partial charge is 0.311 e. The molecule has 2 unspecified atom stereocenters. The molecule has 3 rings (SSSR count). The fourth-order valence-electron chi connectivity index (χ4n) is 3.72. The van der Waals surface area contributed by atoms with Gasteiger partial charge >= 0.3 is 5.97 Å². The summed E-state index contributed by atoms with van der Waals surface area (Å²) in [6, 6.07) is 0. The lowest BCUT2D eigenvalue weighted by Gasteiger charge is -2.35. The van der Waals surface area contributed by atoms with E-state index >= 15 is 0 Å². The molecule has 0 aromatic carbocycles. The zero-order chi connectivity index (χ0) is 14.3. The quantitative estimate of drug-likeness (QED) is 0.768. The molecule has 2 aliphatic heterocycles. The molecular weight excluding hydrogens is 262 g/mol. The number of carboxylic acids is 1. The number of carbonyl (C=O) groups excluding carboxylic acids is 2. The maximum absolute atomic E-state index is 12.3. The molecule has 0 spiro atoms. The molecule has 2 atom stereocenters. The number of hydrogen-bond donors (Lipinski definition) is 1. The Labute approximate surface area is 117 Å². The zero-order valence-corrected chi connectivity index (χ0v) is 11.3. The number of rotatable bonds is 3. The number of carboxylic acid groups (broad SMARTS) is 1. The van der Waals surface area contributed by atoms with Crippen molar-refractivity contribution in [3.05, 3.63) is 0 Å². The number of carbonyl (C=O) groups is 3. The molecule has 110 valence electrons. The van der Waals surface area contributed by atoms with E-state index in [1.165, 1.54) is 4.90 Å². The third-order valence-corrected chi connectivity index (χ3v) is 5.05. The van der Waals surface area contributed by atoms with Crippen LogP contribution in [0.5, 0.6) is 0 Å². The summed E-state index contributed by atoms with van der Waals surface area (Å²) in [4.78, 5) is 37.5.